The van der Waals surface area contributed by atoms with Gasteiger partial charge in [-0.3, -0.25) is 14.5 Å². The maximum Gasteiger partial charge on any atom is 0.352 e. The number of hydrogen-bond acceptors (Lipinski definition) is 9. The number of amides is 2. The average Bonchev–Trinajstić information content (AvgIpc) is 3.26. The van der Waals surface area contributed by atoms with Crippen LogP contribution in [0.4, 0.5) is 5.13 Å². The number of aliphatic carboxylic acids is 1. The summed E-state index contributed by atoms with van der Waals surface area (Å²) in [6, 6.07) is 4.63. The minimum atomic E-state index is -1.19. The highest BCUT2D eigenvalue weighted by molar-refractivity contribution is 8.00. The number of nitrogens with one attached hydrogen (secondary N) is 1. The van der Waals surface area contributed by atoms with Crippen LogP contribution >= 0.6 is 23.1 Å². The van der Waals surface area contributed by atoms with E-state index in [0.717, 1.165) is 11.3 Å². The molecule has 4 heterocycles. The first-order valence-electron chi connectivity index (χ1n) is 10.1. The number of rotatable bonds is 9. The number of thioether (sulfide) groups is 1. The largest absolute Gasteiger partial charge is 0.477 e. The maximum atomic E-state index is 13.0. The molecule has 2 aromatic heterocycles. The number of carboxylic acids is 1. The Kier molecular flexibility index (Phi) is 6.93. The first-order chi connectivity index (χ1) is 16.4. The topological polar surface area (TPSA) is 151 Å². The first kappa shape index (κ1) is 23.4. The number of carbonyl (C=O) groups is 3. The van der Waals surface area contributed by atoms with Crippen LogP contribution in [-0.4, -0.2) is 62.3 Å². The van der Waals surface area contributed by atoms with Crippen molar-refractivity contribution in [1.29, 1.82) is 0 Å². The maximum absolute atomic E-state index is 13.0. The molecular formula is C21H21N6O5S2+. The van der Waals surface area contributed by atoms with E-state index in [1.807, 2.05) is 35.2 Å². The summed E-state index contributed by atoms with van der Waals surface area (Å²) in [7, 11) is 0. The van der Waals surface area contributed by atoms with Gasteiger partial charge in [0.2, 0.25) is 0 Å². The Labute approximate surface area is 202 Å². The third kappa shape index (κ3) is 4.65. The summed E-state index contributed by atoms with van der Waals surface area (Å²) in [4.78, 5) is 48.3. The zero-order chi connectivity index (χ0) is 24.2. The predicted molar refractivity (Wildman–Crippen MR) is 126 cm³/mol. The van der Waals surface area contributed by atoms with E-state index in [4.69, 9.17) is 10.6 Å². The van der Waals surface area contributed by atoms with Crippen molar-refractivity contribution in [1.82, 2.24) is 15.2 Å². The molecule has 2 amide bonds. The van der Waals surface area contributed by atoms with E-state index in [0.29, 0.717) is 17.9 Å². The van der Waals surface area contributed by atoms with Crippen LogP contribution < -0.4 is 15.6 Å². The van der Waals surface area contributed by atoms with Gasteiger partial charge in [0, 0.05) is 28.8 Å². The second-order valence-corrected chi connectivity index (χ2v) is 9.26. The monoisotopic (exact) mass is 501 g/mol. The van der Waals surface area contributed by atoms with Crippen molar-refractivity contribution in [3.63, 3.8) is 0 Å². The van der Waals surface area contributed by atoms with Crippen LogP contribution in [0.1, 0.15) is 5.69 Å². The van der Waals surface area contributed by atoms with E-state index in [9.17, 15) is 19.5 Å². The summed E-state index contributed by atoms with van der Waals surface area (Å²) < 4.78 is 1.84. The SMILES string of the molecule is C=CCO/N=C(/C(=O)NC1C(=O)N2C(C(=O)O)=C(C[n+]3ccccc3)CS[C@H]12)c1csc(N)n1. The number of hydrogen-bond donors (Lipinski definition) is 3. The van der Waals surface area contributed by atoms with Gasteiger partial charge in [-0.05, 0) is 0 Å². The normalized spacial score (nSPS) is 19.8. The van der Waals surface area contributed by atoms with E-state index >= 15 is 0 Å². The molecule has 0 saturated carbocycles. The van der Waals surface area contributed by atoms with Gasteiger partial charge in [-0.25, -0.2) is 14.3 Å². The molecule has 0 spiro atoms. The number of nitrogen functional groups attached to an aromatic ring is 1. The van der Waals surface area contributed by atoms with Crippen LogP contribution in [0.5, 0.6) is 0 Å². The summed E-state index contributed by atoms with van der Waals surface area (Å²) in [5.74, 6) is -1.98. The minimum absolute atomic E-state index is 0.0499. The van der Waals surface area contributed by atoms with E-state index < -0.39 is 29.2 Å². The van der Waals surface area contributed by atoms with E-state index in [1.165, 1.54) is 22.7 Å². The molecule has 2 atom stereocenters. The molecule has 1 fully saturated rings. The standard InChI is InChI=1S/C21H20N6O5S2/c1-2-8-32-25-14(13-11-34-21(22)23-13)17(28)24-15-18(29)27-16(20(30)31)12(10-33-19(15)27)9-26-6-4-3-5-7-26/h2-7,11,15,19H,1,8-10H2,(H3-,22,23,24,28,30,31)/p+1/b25-14+/t15?,19-/m1/s1. The fourth-order valence-electron chi connectivity index (χ4n) is 3.53. The Morgan fingerprint density at radius 3 is 2.82 bits per heavy atom. The smallest absolute Gasteiger partial charge is 0.352 e. The van der Waals surface area contributed by atoms with E-state index in [-0.39, 0.29) is 28.8 Å². The van der Waals surface area contributed by atoms with Crippen molar-refractivity contribution in [3.05, 3.63) is 65.6 Å². The van der Waals surface area contributed by atoms with Crippen molar-refractivity contribution in [2.45, 2.75) is 18.0 Å². The lowest BCUT2D eigenvalue weighted by molar-refractivity contribution is -0.689. The molecule has 0 radical (unpaired) electrons. The van der Waals surface area contributed by atoms with Gasteiger partial charge >= 0.3 is 5.97 Å². The number of thiazole rings is 1. The molecule has 4 rings (SSSR count). The summed E-state index contributed by atoms with van der Waals surface area (Å²) in [5.41, 5.74) is 6.29. The van der Waals surface area contributed by atoms with Crippen LogP contribution in [0.25, 0.3) is 0 Å². The van der Waals surface area contributed by atoms with Crippen molar-refractivity contribution >= 4 is 51.7 Å². The van der Waals surface area contributed by atoms with Gasteiger partial charge in [0.05, 0.1) is 0 Å². The highest BCUT2D eigenvalue weighted by Gasteiger charge is 2.54. The highest BCUT2D eigenvalue weighted by Crippen LogP contribution is 2.40. The number of nitrogens with zero attached hydrogens (tertiary/aromatic N) is 4. The Morgan fingerprint density at radius 2 is 2.18 bits per heavy atom. The van der Waals surface area contributed by atoms with Gasteiger partial charge in [-0.2, -0.15) is 0 Å². The highest BCUT2D eigenvalue weighted by atomic mass is 32.2. The number of nitrogens with two attached hydrogens (primary N) is 1. The summed E-state index contributed by atoms with van der Waals surface area (Å²) >= 11 is 2.51. The fraction of sp³-hybridized carbons (Fsp3) is 0.238. The lowest BCUT2D eigenvalue weighted by Crippen LogP contribution is -2.71. The molecule has 2 aliphatic heterocycles. The zero-order valence-corrected chi connectivity index (χ0v) is 19.4. The number of carbonyl (C=O) groups excluding carboxylic acids is 2. The Hall–Kier alpha value is -3.71. The number of anilines is 1. The van der Waals surface area contributed by atoms with Crippen LogP contribution in [0.3, 0.4) is 0 Å². The van der Waals surface area contributed by atoms with Crippen LogP contribution in [-0.2, 0) is 25.8 Å². The Morgan fingerprint density at radius 1 is 1.41 bits per heavy atom. The number of fused-ring (bicyclic) bond motifs is 1. The lowest BCUT2D eigenvalue weighted by atomic mass is 10.0. The third-order valence-electron chi connectivity index (χ3n) is 5.02. The summed E-state index contributed by atoms with van der Waals surface area (Å²) in [6.07, 6.45) is 5.11. The average molecular weight is 502 g/mol. The van der Waals surface area contributed by atoms with Gasteiger partial charge in [0.25, 0.3) is 11.8 Å². The molecule has 0 aromatic carbocycles. The van der Waals surface area contributed by atoms with Crippen LogP contribution in [0, 0.1) is 0 Å². The molecule has 4 N–H and O–H groups in total. The first-order valence-corrected chi connectivity index (χ1v) is 12.0. The molecular weight excluding hydrogens is 480 g/mol. The quantitative estimate of drug-likeness (QED) is 0.111. The number of pyridine rings is 1. The molecule has 176 valence electrons. The molecule has 1 saturated heterocycles. The zero-order valence-electron chi connectivity index (χ0n) is 17.8. The van der Waals surface area contributed by atoms with Crippen LogP contribution in [0.15, 0.2) is 65.1 Å². The lowest BCUT2D eigenvalue weighted by Gasteiger charge is -2.49. The van der Waals surface area contributed by atoms with E-state index in [1.54, 1.807) is 5.38 Å². The van der Waals surface area contributed by atoms with Crippen molar-refractivity contribution in [2.75, 3.05) is 18.1 Å². The molecule has 0 bridgehead atoms. The van der Waals surface area contributed by atoms with Crippen molar-refractivity contribution in [3.8, 4) is 0 Å². The van der Waals surface area contributed by atoms with Crippen LogP contribution in [0.2, 0.25) is 0 Å². The number of β-lactam (4-membered cyclic amide) rings is 1. The molecule has 2 aliphatic rings. The van der Waals surface area contributed by atoms with Gasteiger partial charge in [-0.15, -0.1) is 23.1 Å². The Balaban J connectivity index is 1.53. The predicted octanol–water partition coefficient (Wildman–Crippen LogP) is 0.358. The summed E-state index contributed by atoms with van der Waals surface area (Å²) in [6.45, 7) is 3.93. The van der Waals surface area contributed by atoms with Gasteiger partial charge < -0.3 is 21.0 Å². The molecule has 2 aromatic rings. The number of carboxylic acid groups (broad SMARTS) is 1. The summed E-state index contributed by atoms with van der Waals surface area (Å²) in [5, 5.41) is 17.5. The number of aromatic nitrogens is 2. The molecule has 0 aliphatic carbocycles. The van der Waals surface area contributed by atoms with E-state index in [2.05, 4.69) is 22.0 Å². The molecule has 11 nitrogen and oxygen atoms in total. The fourth-order valence-corrected chi connectivity index (χ4v) is 5.41. The van der Waals surface area contributed by atoms with Gasteiger partial charge in [0.15, 0.2) is 29.8 Å². The second-order valence-electron chi connectivity index (χ2n) is 7.26. The minimum Gasteiger partial charge on any atom is -0.477 e. The Bertz CT molecular complexity index is 1200. The second kappa shape index (κ2) is 10.1. The van der Waals surface area contributed by atoms with Crippen molar-refractivity contribution < 1.29 is 28.9 Å². The number of oxime groups is 1. The molecule has 34 heavy (non-hydrogen) atoms. The van der Waals surface area contributed by atoms with Crippen molar-refractivity contribution in [2.24, 2.45) is 5.16 Å². The third-order valence-corrected chi connectivity index (χ3v) is 7.03. The molecule has 13 heteroatoms. The van der Waals surface area contributed by atoms with Gasteiger partial charge in [-0.1, -0.05) is 23.9 Å². The molecule has 1 unspecified atom stereocenters. The van der Waals surface area contributed by atoms with Gasteiger partial charge in [0.1, 0.15) is 29.4 Å².